The molecule has 9 heteroatoms. The van der Waals surface area contributed by atoms with Crippen LogP contribution in [0.2, 0.25) is 0 Å². The van der Waals surface area contributed by atoms with Gasteiger partial charge < -0.3 is 31.8 Å². The number of benzene rings is 1. The molecule has 1 heterocycles. The van der Waals surface area contributed by atoms with Gasteiger partial charge >= 0.3 is 0 Å². The number of likely N-dealkylation sites (N-methyl/N-ethyl adjacent to an activating group) is 1. The minimum atomic E-state index is -1.68. The van der Waals surface area contributed by atoms with E-state index in [1.807, 2.05) is 30.3 Å². The largest absolute Gasteiger partial charge is 0.345 e. The number of amides is 2. The molecule has 0 unspecified atom stereocenters. The maximum atomic E-state index is 14.3. The number of carbonyl (C=O) groups excluding carboxylic acids is 4. The normalized spacial score (nSPS) is 20.9. The molecule has 2 aliphatic rings. The molecule has 1 aromatic carbocycles. The summed E-state index contributed by atoms with van der Waals surface area (Å²) in [5.74, 6) is -0.913. The molecule has 6 N–H and O–H groups in total. The van der Waals surface area contributed by atoms with Crippen molar-refractivity contribution in [2.45, 2.75) is 101 Å². The lowest BCUT2D eigenvalue weighted by molar-refractivity contribution is -0.140. The molecule has 0 aromatic heterocycles. The standard InChI is InChI=1S/C30H47N5O4/c1-32-26(19-22-11-4-2-5-12-22)28(38)34-24(15-8-9-17-31)27(37)30(21-36,20-23-13-6-3-7-14-23)35-29(39)25-16-10-18-33-25/h2,4-5,11-12,21,23-26,32-33H,3,6-10,13-20,31H2,1H3,(H,34,38)(H,35,39)/t24-,25-,26-,30+/m0/s1. The van der Waals surface area contributed by atoms with Crippen LogP contribution in [0.4, 0.5) is 0 Å². The maximum Gasteiger partial charge on any atom is 0.238 e. The number of nitrogens with one attached hydrogen (secondary N) is 4. The Bertz CT molecular complexity index is 931. The first-order chi connectivity index (χ1) is 18.9. The van der Waals surface area contributed by atoms with E-state index in [9.17, 15) is 19.2 Å². The lowest BCUT2D eigenvalue weighted by atomic mass is 9.75. The Morgan fingerprint density at radius 1 is 1.05 bits per heavy atom. The van der Waals surface area contributed by atoms with E-state index in [0.717, 1.165) is 50.6 Å². The lowest BCUT2D eigenvalue weighted by Gasteiger charge is -2.36. The van der Waals surface area contributed by atoms with Crippen molar-refractivity contribution >= 4 is 23.9 Å². The average molecular weight is 542 g/mol. The average Bonchev–Trinajstić information content (AvgIpc) is 3.51. The number of nitrogens with two attached hydrogens (primary N) is 1. The summed E-state index contributed by atoms with van der Waals surface area (Å²) < 4.78 is 0. The molecule has 1 saturated carbocycles. The van der Waals surface area contributed by atoms with Gasteiger partial charge in [0.05, 0.1) is 18.1 Å². The molecule has 0 bridgehead atoms. The third-order valence-corrected chi connectivity index (χ3v) is 8.23. The summed E-state index contributed by atoms with van der Waals surface area (Å²) in [5, 5.41) is 12.1. The van der Waals surface area contributed by atoms with Gasteiger partial charge in [-0.25, -0.2) is 0 Å². The van der Waals surface area contributed by atoms with Crippen LogP contribution in [0.15, 0.2) is 30.3 Å². The topological polar surface area (TPSA) is 142 Å². The fourth-order valence-corrected chi connectivity index (χ4v) is 5.93. The molecular formula is C30H47N5O4. The molecule has 4 atom stereocenters. The zero-order chi connectivity index (χ0) is 28.1. The SMILES string of the molecule is CN[C@@H](Cc1ccccc1)C(=O)N[C@@H](CCCCN)C(=O)[C@](C=O)(CC1CCCCC1)NC(=O)[C@@H]1CCCN1. The summed E-state index contributed by atoms with van der Waals surface area (Å²) in [6, 6.07) is 7.78. The first-order valence-electron chi connectivity index (χ1n) is 14.7. The fraction of sp³-hybridized carbons (Fsp3) is 0.667. The molecule has 216 valence electrons. The number of Topliss-reactive ketones (excluding diaryl/α,β-unsaturated/α-hetero) is 1. The molecule has 2 fully saturated rings. The molecule has 0 spiro atoms. The van der Waals surface area contributed by atoms with Gasteiger partial charge in [0.1, 0.15) is 0 Å². The van der Waals surface area contributed by atoms with Crippen LogP contribution in [0.1, 0.15) is 76.2 Å². The van der Waals surface area contributed by atoms with Crippen LogP contribution in [-0.4, -0.2) is 67.7 Å². The number of carbonyl (C=O) groups is 4. The number of aldehydes is 1. The van der Waals surface area contributed by atoms with Crippen LogP contribution in [0.5, 0.6) is 0 Å². The maximum absolute atomic E-state index is 14.3. The van der Waals surface area contributed by atoms with Crippen molar-refractivity contribution in [3.63, 3.8) is 0 Å². The predicted octanol–water partition coefficient (Wildman–Crippen LogP) is 1.78. The third-order valence-electron chi connectivity index (χ3n) is 8.23. The van der Waals surface area contributed by atoms with Gasteiger partial charge in [-0.15, -0.1) is 0 Å². The van der Waals surface area contributed by atoms with Gasteiger partial charge in [-0.05, 0) is 76.6 Å². The fourth-order valence-electron chi connectivity index (χ4n) is 5.93. The molecular weight excluding hydrogens is 494 g/mol. The van der Waals surface area contributed by atoms with Crippen molar-refractivity contribution in [1.29, 1.82) is 0 Å². The van der Waals surface area contributed by atoms with Crippen molar-refractivity contribution in [1.82, 2.24) is 21.3 Å². The Labute approximate surface area is 232 Å². The Balaban J connectivity index is 1.85. The van der Waals surface area contributed by atoms with Gasteiger partial charge in [0, 0.05) is 0 Å². The minimum Gasteiger partial charge on any atom is -0.345 e. The van der Waals surface area contributed by atoms with Gasteiger partial charge in [0.2, 0.25) is 11.8 Å². The minimum absolute atomic E-state index is 0.160. The zero-order valence-corrected chi connectivity index (χ0v) is 23.4. The van der Waals surface area contributed by atoms with Gasteiger partial charge in [-0.1, -0.05) is 62.4 Å². The van der Waals surface area contributed by atoms with Gasteiger partial charge in [0.15, 0.2) is 17.6 Å². The Morgan fingerprint density at radius 2 is 1.79 bits per heavy atom. The highest BCUT2D eigenvalue weighted by atomic mass is 16.2. The molecule has 0 radical (unpaired) electrons. The van der Waals surface area contributed by atoms with E-state index < -0.39 is 29.4 Å². The van der Waals surface area contributed by atoms with Crippen molar-refractivity contribution in [3.8, 4) is 0 Å². The lowest BCUT2D eigenvalue weighted by Crippen LogP contribution is -2.65. The van der Waals surface area contributed by atoms with E-state index in [1.165, 1.54) is 0 Å². The summed E-state index contributed by atoms with van der Waals surface area (Å²) in [5.41, 5.74) is 5.03. The number of rotatable bonds is 16. The van der Waals surface area contributed by atoms with Gasteiger partial charge in [0.25, 0.3) is 0 Å². The second-order valence-electron chi connectivity index (χ2n) is 11.2. The van der Waals surface area contributed by atoms with Crippen molar-refractivity contribution in [3.05, 3.63) is 35.9 Å². The highest BCUT2D eigenvalue weighted by Crippen LogP contribution is 2.32. The second kappa shape index (κ2) is 15.8. The van der Waals surface area contributed by atoms with Crippen LogP contribution in [0.25, 0.3) is 0 Å². The van der Waals surface area contributed by atoms with Crippen molar-refractivity contribution < 1.29 is 19.2 Å². The van der Waals surface area contributed by atoms with Gasteiger partial charge in [-0.3, -0.25) is 14.4 Å². The second-order valence-corrected chi connectivity index (χ2v) is 11.2. The van der Waals surface area contributed by atoms with Crippen LogP contribution in [0.3, 0.4) is 0 Å². The quantitative estimate of drug-likeness (QED) is 0.122. The van der Waals surface area contributed by atoms with Crippen LogP contribution in [0, 0.1) is 5.92 Å². The smallest absolute Gasteiger partial charge is 0.238 e. The number of hydrogen-bond acceptors (Lipinski definition) is 7. The molecule has 1 aromatic rings. The Morgan fingerprint density at radius 3 is 2.41 bits per heavy atom. The number of ketones is 1. The molecule has 2 amide bonds. The molecule has 1 aliphatic carbocycles. The van der Waals surface area contributed by atoms with Crippen LogP contribution >= 0.6 is 0 Å². The van der Waals surface area contributed by atoms with E-state index in [1.54, 1.807) is 7.05 Å². The first kappa shape index (κ1) is 30.9. The van der Waals surface area contributed by atoms with E-state index in [2.05, 4.69) is 21.3 Å². The van der Waals surface area contributed by atoms with Crippen molar-refractivity contribution in [2.75, 3.05) is 20.1 Å². The number of unbranched alkanes of at least 4 members (excludes halogenated alkanes) is 1. The van der Waals surface area contributed by atoms with Crippen molar-refractivity contribution in [2.24, 2.45) is 11.7 Å². The zero-order valence-electron chi connectivity index (χ0n) is 23.4. The molecule has 9 nitrogen and oxygen atoms in total. The van der Waals surface area contributed by atoms with E-state index in [-0.39, 0.29) is 24.2 Å². The highest BCUT2D eigenvalue weighted by molar-refractivity contribution is 6.10. The summed E-state index contributed by atoms with van der Waals surface area (Å²) >= 11 is 0. The first-order valence-corrected chi connectivity index (χ1v) is 14.7. The Hall–Kier alpha value is -2.62. The molecule has 1 saturated heterocycles. The van der Waals surface area contributed by atoms with Gasteiger partial charge in [-0.2, -0.15) is 0 Å². The summed E-state index contributed by atoms with van der Waals surface area (Å²) in [7, 11) is 1.71. The number of hydrogen-bond donors (Lipinski definition) is 5. The monoisotopic (exact) mass is 541 g/mol. The van der Waals surface area contributed by atoms with E-state index in [4.69, 9.17) is 5.73 Å². The summed E-state index contributed by atoms with van der Waals surface area (Å²) in [6.07, 6.45) is 9.60. The molecule has 1 aliphatic heterocycles. The van der Waals surface area contributed by atoms with E-state index >= 15 is 0 Å². The molecule has 3 rings (SSSR count). The molecule has 39 heavy (non-hydrogen) atoms. The van der Waals surface area contributed by atoms with E-state index in [0.29, 0.717) is 44.9 Å². The summed E-state index contributed by atoms with van der Waals surface area (Å²) in [4.78, 5) is 53.8. The van der Waals surface area contributed by atoms with Crippen LogP contribution in [-0.2, 0) is 25.6 Å². The van der Waals surface area contributed by atoms with Crippen LogP contribution < -0.4 is 27.0 Å². The predicted molar refractivity (Wildman–Crippen MR) is 152 cm³/mol. The highest BCUT2D eigenvalue weighted by Gasteiger charge is 2.46. The summed E-state index contributed by atoms with van der Waals surface area (Å²) in [6.45, 7) is 1.19. The Kier molecular flexibility index (Phi) is 12.6. The third kappa shape index (κ3) is 8.95.